The summed E-state index contributed by atoms with van der Waals surface area (Å²) < 4.78 is 0. The van der Waals surface area contributed by atoms with Gasteiger partial charge < -0.3 is 15.9 Å². The number of aliphatic hydroxyl groups is 1. The Kier molecular flexibility index (Phi) is 9.14. The van der Waals surface area contributed by atoms with Crippen LogP contribution < -0.4 is 5.73 Å². The highest BCUT2D eigenvalue weighted by Crippen LogP contribution is 2.72. The Morgan fingerprint density at radius 3 is 2.39 bits per heavy atom. The number of carbonyl (C=O) groups is 1. The molecule has 0 radical (unpaired) electrons. The molecule has 2 fully saturated rings. The van der Waals surface area contributed by atoms with Crippen molar-refractivity contribution in [1.29, 1.82) is 0 Å². The molecule has 0 aromatic heterocycles. The van der Waals surface area contributed by atoms with Gasteiger partial charge in [0.15, 0.2) is 0 Å². The van der Waals surface area contributed by atoms with Gasteiger partial charge in [-0.05, 0) is 78.1 Å². The van der Waals surface area contributed by atoms with Gasteiger partial charge in [-0.3, -0.25) is 4.79 Å². The number of allylic oxidation sites excluding steroid dienone is 4. The summed E-state index contributed by atoms with van der Waals surface area (Å²) in [6.07, 6.45) is 9.21. The molecule has 4 aliphatic rings. The Bertz CT molecular complexity index is 801. The number of rotatable bonds is 4. The molecule has 5 heteroatoms. The van der Waals surface area contributed by atoms with Crippen LogP contribution >= 0.6 is 11.8 Å². The van der Waals surface area contributed by atoms with Gasteiger partial charge in [-0.25, -0.2) is 0 Å². The predicted molar refractivity (Wildman–Crippen MR) is 141 cm³/mol. The third-order valence-electron chi connectivity index (χ3n) is 8.92. The molecule has 8 atom stereocenters. The molecule has 4 rings (SSSR count). The van der Waals surface area contributed by atoms with Gasteiger partial charge in [0.2, 0.25) is 0 Å². The van der Waals surface area contributed by atoms with Crippen LogP contribution in [0.2, 0.25) is 0 Å². The van der Waals surface area contributed by atoms with Gasteiger partial charge in [-0.15, -0.1) is 0 Å². The predicted octanol–water partition coefficient (Wildman–Crippen LogP) is 5.78. The second-order valence-electron chi connectivity index (χ2n) is 11.2. The van der Waals surface area contributed by atoms with Crippen molar-refractivity contribution in [3.05, 3.63) is 35.5 Å². The summed E-state index contributed by atoms with van der Waals surface area (Å²) in [4.78, 5) is 9.95. The van der Waals surface area contributed by atoms with E-state index in [0.717, 1.165) is 24.2 Å². The fraction of sp³-hybridized carbons (Fsp3) is 0.750. The molecule has 4 N–H and O–H groups in total. The topological polar surface area (TPSA) is 83.5 Å². The van der Waals surface area contributed by atoms with E-state index in [1.54, 1.807) is 0 Å². The summed E-state index contributed by atoms with van der Waals surface area (Å²) in [5, 5.41) is 18.1. The summed E-state index contributed by atoms with van der Waals surface area (Å²) in [7, 11) is 0. The molecule has 188 valence electrons. The highest BCUT2D eigenvalue weighted by molar-refractivity contribution is 7.98. The highest BCUT2D eigenvalue weighted by Gasteiger charge is 2.66. The van der Waals surface area contributed by atoms with Gasteiger partial charge in [0.25, 0.3) is 0 Å². The second kappa shape index (κ2) is 10.7. The van der Waals surface area contributed by atoms with Crippen LogP contribution in [0.25, 0.3) is 0 Å². The molecule has 0 bridgehead atoms. The summed E-state index contributed by atoms with van der Waals surface area (Å²) in [6, 6.07) is -0.704. The zero-order valence-corrected chi connectivity index (χ0v) is 22.8. The second-order valence-corrected chi connectivity index (χ2v) is 12.1. The highest BCUT2D eigenvalue weighted by atomic mass is 32.2. The lowest BCUT2D eigenvalue weighted by atomic mass is 9.60. The van der Waals surface area contributed by atoms with Crippen molar-refractivity contribution in [3.8, 4) is 0 Å². The molecule has 0 saturated heterocycles. The maximum atomic E-state index is 9.97. The van der Waals surface area contributed by atoms with E-state index >= 15 is 0 Å². The van der Waals surface area contributed by atoms with Crippen molar-refractivity contribution in [1.82, 2.24) is 0 Å². The van der Waals surface area contributed by atoms with Crippen LogP contribution in [0.3, 0.4) is 0 Å². The number of fused-ring (bicyclic) bond motifs is 5. The first kappa shape index (κ1) is 28.2. The van der Waals surface area contributed by atoms with Crippen molar-refractivity contribution in [2.75, 3.05) is 18.6 Å². The summed E-state index contributed by atoms with van der Waals surface area (Å²) in [5.41, 5.74) is 9.66. The maximum Gasteiger partial charge on any atom is 0.321 e. The lowest BCUT2D eigenvalue weighted by Crippen LogP contribution is -2.38. The lowest BCUT2D eigenvalue weighted by molar-refractivity contribution is -0.137. The molecule has 0 aromatic rings. The molecule has 33 heavy (non-hydrogen) atoms. The third kappa shape index (κ3) is 5.16. The van der Waals surface area contributed by atoms with E-state index in [9.17, 15) is 9.90 Å². The number of aliphatic hydroxyl groups excluding tert-OH is 1. The molecular formula is C28H47NO3S. The van der Waals surface area contributed by atoms with Crippen molar-refractivity contribution >= 4 is 17.7 Å². The molecule has 5 unspecified atom stereocenters. The van der Waals surface area contributed by atoms with Gasteiger partial charge in [0.1, 0.15) is 6.04 Å². The zero-order valence-electron chi connectivity index (χ0n) is 22.0. The van der Waals surface area contributed by atoms with E-state index in [1.165, 1.54) is 34.9 Å². The lowest BCUT2D eigenvalue weighted by Gasteiger charge is -2.43. The van der Waals surface area contributed by atoms with Gasteiger partial charge in [0, 0.05) is 11.2 Å². The van der Waals surface area contributed by atoms with Crippen LogP contribution in [0.15, 0.2) is 35.5 Å². The summed E-state index contributed by atoms with van der Waals surface area (Å²) >= 11 is 1.43. The van der Waals surface area contributed by atoms with Crippen molar-refractivity contribution in [2.24, 2.45) is 52.1 Å². The fourth-order valence-electron chi connectivity index (χ4n) is 7.11. The number of carboxylic acid groups (broad SMARTS) is 1. The average Bonchev–Trinajstić information content (AvgIpc) is 3.28. The number of thioether (sulfide) groups is 1. The van der Waals surface area contributed by atoms with Gasteiger partial charge >= 0.3 is 5.97 Å². The molecule has 0 amide bonds. The Morgan fingerprint density at radius 2 is 1.91 bits per heavy atom. The van der Waals surface area contributed by atoms with Crippen LogP contribution in [0.1, 0.15) is 61.3 Å². The third-order valence-corrected chi connectivity index (χ3v) is 9.61. The smallest absolute Gasteiger partial charge is 0.321 e. The molecular weight excluding hydrogens is 430 g/mol. The number of carboxylic acids is 1. The Balaban J connectivity index is 0.000000330. The van der Waals surface area contributed by atoms with Crippen molar-refractivity contribution in [3.63, 3.8) is 0 Å². The van der Waals surface area contributed by atoms with Gasteiger partial charge in [-0.1, -0.05) is 65.8 Å². The standard InChI is InChI=1S/C22H32O.C4H9NO2S.C2H6/c1-12-7-17-19-13(2)8-18-20(21(18,4)5)16(19)9-15(11-23)10-22(17,6)14(12)3;1-8-2-3(5)4(6)7;1-2/h7,9,13,16-20,23H,3,8,10-11H2,1-2,4-6H3;3H,2,5H2,1H3,(H,6,7);1-2H3/t13-,16-,17?,18?,19?,20+,22?;;/m1../s1. The quantitative estimate of drug-likeness (QED) is 0.447. The van der Waals surface area contributed by atoms with Crippen LogP contribution in [0, 0.1) is 46.3 Å². The molecule has 0 heterocycles. The number of hydrogen-bond acceptors (Lipinski definition) is 4. The summed E-state index contributed by atoms with van der Waals surface area (Å²) in [5.74, 6) is 3.95. The first-order chi connectivity index (χ1) is 15.4. The van der Waals surface area contributed by atoms with Gasteiger partial charge in [0.05, 0.1) is 6.61 Å². The molecule has 0 aromatic carbocycles. The fourth-order valence-corrected chi connectivity index (χ4v) is 7.62. The first-order valence-corrected chi connectivity index (χ1v) is 13.9. The van der Waals surface area contributed by atoms with E-state index < -0.39 is 12.0 Å². The SMILES string of the molecule is C=C1C(C)=CC2C3[C@H](C)CC4[C@H]([C@@H]3C=C(CO)CC12C)C4(C)C.CC.CSCC(N)C(=O)O. The molecule has 0 spiro atoms. The van der Waals surface area contributed by atoms with E-state index in [-0.39, 0.29) is 12.0 Å². The number of hydrogen-bond donors (Lipinski definition) is 3. The number of aliphatic carboxylic acids is 1. The normalized spacial score (nSPS) is 38.4. The molecule has 0 aliphatic heterocycles. The Morgan fingerprint density at radius 1 is 1.30 bits per heavy atom. The molecule has 4 nitrogen and oxygen atoms in total. The largest absolute Gasteiger partial charge is 0.480 e. The Hall–Kier alpha value is -1.04. The number of nitrogens with two attached hydrogens (primary N) is 1. The molecule has 2 saturated carbocycles. The van der Waals surface area contributed by atoms with Crippen LogP contribution in [-0.4, -0.2) is 40.8 Å². The maximum absolute atomic E-state index is 9.97. The van der Waals surface area contributed by atoms with Crippen molar-refractivity contribution < 1.29 is 15.0 Å². The minimum atomic E-state index is -0.931. The van der Waals surface area contributed by atoms with E-state index in [0.29, 0.717) is 28.9 Å². The minimum Gasteiger partial charge on any atom is -0.480 e. The Labute approximate surface area is 206 Å². The first-order valence-electron chi connectivity index (χ1n) is 12.6. The van der Waals surface area contributed by atoms with E-state index in [2.05, 4.69) is 53.3 Å². The van der Waals surface area contributed by atoms with E-state index in [1.807, 2.05) is 20.1 Å². The zero-order chi connectivity index (χ0) is 25.3. The average molecular weight is 478 g/mol. The van der Waals surface area contributed by atoms with Crippen LogP contribution in [0.4, 0.5) is 0 Å². The van der Waals surface area contributed by atoms with Crippen molar-refractivity contribution in [2.45, 2.75) is 67.3 Å². The van der Waals surface area contributed by atoms with Gasteiger partial charge in [-0.2, -0.15) is 11.8 Å². The van der Waals surface area contributed by atoms with Crippen LogP contribution in [0.5, 0.6) is 0 Å². The van der Waals surface area contributed by atoms with E-state index in [4.69, 9.17) is 10.8 Å². The van der Waals surface area contributed by atoms with Crippen LogP contribution in [-0.2, 0) is 4.79 Å². The summed E-state index contributed by atoms with van der Waals surface area (Å²) in [6.45, 7) is 20.7. The monoisotopic (exact) mass is 477 g/mol. The minimum absolute atomic E-state index is 0.109. The molecule has 4 aliphatic carbocycles.